The molecule has 0 amide bonds. The number of ether oxygens (including phenoxy) is 2. The Balaban J connectivity index is 2.22. The molecule has 0 heterocycles. The molecule has 4 nitrogen and oxygen atoms in total. The van der Waals surface area contributed by atoms with Crippen molar-refractivity contribution in [3.8, 4) is 0 Å². The van der Waals surface area contributed by atoms with Gasteiger partial charge in [0.2, 0.25) is 6.10 Å². The maximum atomic E-state index is 12.4. The molecule has 23 heavy (non-hydrogen) atoms. The van der Waals surface area contributed by atoms with E-state index in [0.717, 1.165) is 5.56 Å². The molecule has 1 atom stereocenters. The Kier molecular flexibility index (Phi) is 5.92. The van der Waals surface area contributed by atoms with E-state index >= 15 is 0 Å². The molecule has 0 aromatic heterocycles. The van der Waals surface area contributed by atoms with Gasteiger partial charge in [-0.25, -0.2) is 9.59 Å². The van der Waals surface area contributed by atoms with Crippen molar-refractivity contribution in [1.82, 2.24) is 0 Å². The van der Waals surface area contributed by atoms with E-state index < -0.39 is 18.0 Å². The molecule has 2 aromatic rings. The van der Waals surface area contributed by atoms with Crippen LogP contribution < -0.4 is 0 Å². The summed E-state index contributed by atoms with van der Waals surface area (Å²) in [6, 6.07) is 16.0. The second-order valence-corrected chi connectivity index (χ2v) is 5.18. The van der Waals surface area contributed by atoms with Crippen molar-refractivity contribution in [3.63, 3.8) is 0 Å². The van der Waals surface area contributed by atoms with Crippen molar-refractivity contribution >= 4 is 11.9 Å². The highest BCUT2D eigenvalue weighted by molar-refractivity contribution is 5.93. The molecule has 0 N–H and O–H groups in total. The van der Waals surface area contributed by atoms with Gasteiger partial charge in [0.1, 0.15) is 0 Å². The molecule has 2 aromatic carbocycles. The summed E-state index contributed by atoms with van der Waals surface area (Å²) in [5, 5.41) is 0. The van der Waals surface area contributed by atoms with Gasteiger partial charge in [0.05, 0.1) is 12.2 Å². The highest BCUT2D eigenvalue weighted by atomic mass is 16.6. The van der Waals surface area contributed by atoms with Gasteiger partial charge in [0, 0.05) is 5.56 Å². The van der Waals surface area contributed by atoms with Crippen LogP contribution in [0.2, 0.25) is 0 Å². The van der Waals surface area contributed by atoms with Crippen LogP contribution >= 0.6 is 0 Å². The molecule has 0 radical (unpaired) electrons. The topological polar surface area (TPSA) is 52.6 Å². The minimum atomic E-state index is -1.06. The largest absolute Gasteiger partial charge is 0.463 e. The monoisotopic (exact) mass is 312 g/mol. The number of aryl methyl sites for hydroxylation is 1. The lowest BCUT2D eigenvalue weighted by molar-refractivity contribution is -0.154. The van der Waals surface area contributed by atoms with Gasteiger partial charge in [0.15, 0.2) is 0 Å². The average molecular weight is 312 g/mol. The van der Waals surface area contributed by atoms with E-state index in [1.165, 1.54) is 0 Å². The molecule has 0 aliphatic heterocycles. The van der Waals surface area contributed by atoms with Crippen molar-refractivity contribution in [2.45, 2.75) is 26.4 Å². The summed E-state index contributed by atoms with van der Waals surface area (Å²) in [5.41, 5.74) is 1.83. The number of rotatable bonds is 6. The quantitative estimate of drug-likeness (QED) is 0.760. The smallest absolute Gasteiger partial charge is 0.352 e. The Morgan fingerprint density at radius 1 is 1.00 bits per heavy atom. The average Bonchev–Trinajstić information content (AvgIpc) is 2.58. The van der Waals surface area contributed by atoms with E-state index in [9.17, 15) is 9.59 Å². The molecule has 0 aliphatic rings. The molecular weight excluding hydrogens is 292 g/mol. The van der Waals surface area contributed by atoms with Gasteiger partial charge in [-0.15, -0.1) is 0 Å². The minimum Gasteiger partial charge on any atom is -0.463 e. The fourth-order valence-corrected chi connectivity index (χ4v) is 2.13. The van der Waals surface area contributed by atoms with Crippen LogP contribution in [-0.4, -0.2) is 18.5 Å². The lowest BCUT2D eigenvalue weighted by Crippen LogP contribution is -2.22. The molecule has 4 heteroatoms. The standard InChI is InChI=1S/C19H20O4/c1-3-13-22-19(21)17(15-10-5-4-6-11-15)23-18(20)16-12-8-7-9-14(16)2/h4-12,17H,3,13H2,1-2H3. The zero-order chi connectivity index (χ0) is 16.7. The first kappa shape index (κ1) is 16.7. The number of carbonyl (C=O) groups is 2. The summed E-state index contributed by atoms with van der Waals surface area (Å²) < 4.78 is 10.6. The van der Waals surface area contributed by atoms with Crippen molar-refractivity contribution in [1.29, 1.82) is 0 Å². The van der Waals surface area contributed by atoms with Crippen LogP contribution in [0.5, 0.6) is 0 Å². The minimum absolute atomic E-state index is 0.296. The van der Waals surface area contributed by atoms with Crippen LogP contribution in [0.1, 0.15) is 40.9 Å². The van der Waals surface area contributed by atoms with Gasteiger partial charge in [0.25, 0.3) is 0 Å². The van der Waals surface area contributed by atoms with E-state index in [1.807, 2.05) is 32.0 Å². The number of hydrogen-bond acceptors (Lipinski definition) is 4. The van der Waals surface area contributed by atoms with Gasteiger partial charge in [-0.1, -0.05) is 55.5 Å². The summed E-state index contributed by atoms with van der Waals surface area (Å²) in [7, 11) is 0. The lowest BCUT2D eigenvalue weighted by atomic mass is 10.1. The van der Waals surface area contributed by atoms with Crippen LogP contribution in [0.15, 0.2) is 54.6 Å². The van der Waals surface area contributed by atoms with Gasteiger partial charge in [-0.2, -0.15) is 0 Å². The molecular formula is C19H20O4. The number of hydrogen-bond donors (Lipinski definition) is 0. The first-order valence-electron chi connectivity index (χ1n) is 7.61. The predicted octanol–water partition coefficient (Wildman–Crippen LogP) is 3.85. The van der Waals surface area contributed by atoms with Gasteiger partial charge < -0.3 is 9.47 Å². The van der Waals surface area contributed by atoms with E-state index in [-0.39, 0.29) is 0 Å². The van der Waals surface area contributed by atoms with Crippen molar-refractivity contribution < 1.29 is 19.1 Å². The molecule has 1 unspecified atom stereocenters. The van der Waals surface area contributed by atoms with E-state index in [2.05, 4.69) is 0 Å². The van der Waals surface area contributed by atoms with E-state index in [0.29, 0.717) is 24.2 Å². The van der Waals surface area contributed by atoms with Gasteiger partial charge in [-0.05, 0) is 25.0 Å². The molecule has 0 aliphatic carbocycles. The summed E-state index contributed by atoms with van der Waals surface area (Å²) in [6.45, 7) is 4.03. The van der Waals surface area contributed by atoms with Crippen molar-refractivity contribution in [2.24, 2.45) is 0 Å². The second-order valence-electron chi connectivity index (χ2n) is 5.18. The van der Waals surface area contributed by atoms with Gasteiger partial charge >= 0.3 is 11.9 Å². The summed E-state index contributed by atoms with van der Waals surface area (Å²) in [4.78, 5) is 24.7. The Morgan fingerprint density at radius 3 is 2.30 bits per heavy atom. The lowest BCUT2D eigenvalue weighted by Gasteiger charge is -2.17. The second kappa shape index (κ2) is 8.13. The third kappa shape index (κ3) is 4.42. The summed E-state index contributed by atoms with van der Waals surface area (Å²) in [5.74, 6) is -1.09. The molecule has 2 rings (SSSR count). The number of carbonyl (C=O) groups excluding carboxylic acids is 2. The van der Waals surface area contributed by atoms with Crippen LogP contribution in [-0.2, 0) is 14.3 Å². The van der Waals surface area contributed by atoms with Crippen molar-refractivity contribution in [2.75, 3.05) is 6.61 Å². The van der Waals surface area contributed by atoms with Crippen LogP contribution in [0.4, 0.5) is 0 Å². The maximum absolute atomic E-state index is 12.4. The maximum Gasteiger partial charge on any atom is 0.352 e. The molecule has 0 saturated carbocycles. The number of benzene rings is 2. The summed E-state index contributed by atoms with van der Waals surface area (Å²) >= 11 is 0. The fourth-order valence-electron chi connectivity index (χ4n) is 2.13. The van der Waals surface area contributed by atoms with Crippen LogP contribution in [0, 0.1) is 6.92 Å². The SMILES string of the molecule is CCCOC(=O)C(OC(=O)c1ccccc1C)c1ccccc1. The Morgan fingerprint density at radius 2 is 1.65 bits per heavy atom. The van der Waals surface area contributed by atoms with Gasteiger partial charge in [-0.3, -0.25) is 0 Å². The first-order valence-corrected chi connectivity index (χ1v) is 7.61. The Bertz CT molecular complexity index is 664. The van der Waals surface area contributed by atoms with E-state index in [4.69, 9.17) is 9.47 Å². The Hall–Kier alpha value is -2.62. The molecule has 120 valence electrons. The molecule has 0 saturated heterocycles. The zero-order valence-corrected chi connectivity index (χ0v) is 13.3. The van der Waals surface area contributed by atoms with Crippen molar-refractivity contribution in [3.05, 3.63) is 71.3 Å². The third-order valence-corrected chi connectivity index (χ3v) is 3.35. The summed E-state index contributed by atoms with van der Waals surface area (Å²) in [6.07, 6.45) is -0.353. The zero-order valence-electron chi connectivity index (χ0n) is 13.3. The first-order chi connectivity index (χ1) is 11.1. The fraction of sp³-hybridized carbons (Fsp3) is 0.263. The van der Waals surface area contributed by atoms with Crippen LogP contribution in [0.25, 0.3) is 0 Å². The van der Waals surface area contributed by atoms with E-state index in [1.54, 1.807) is 36.4 Å². The predicted molar refractivity (Wildman–Crippen MR) is 87.0 cm³/mol. The Labute approximate surface area is 136 Å². The highest BCUT2D eigenvalue weighted by Crippen LogP contribution is 2.22. The molecule has 0 bridgehead atoms. The third-order valence-electron chi connectivity index (χ3n) is 3.35. The normalized spacial score (nSPS) is 11.6. The number of esters is 2. The highest BCUT2D eigenvalue weighted by Gasteiger charge is 2.27. The molecule has 0 fully saturated rings. The van der Waals surface area contributed by atoms with Crippen LogP contribution in [0.3, 0.4) is 0 Å². The molecule has 0 spiro atoms.